The number of anilines is 2. The van der Waals surface area contributed by atoms with Gasteiger partial charge in [0.05, 0.1) is 6.61 Å². The third-order valence-electron chi connectivity index (χ3n) is 12.7. The van der Waals surface area contributed by atoms with Crippen molar-refractivity contribution < 1.29 is 19.1 Å². The van der Waals surface area contributed by atoms with Crippen molar-refractivity contribution in [1.82, 2.24) is 4.90 Å². The van der Waals surface area contributed by atoms with Gasteiger partial charge in [-0.3, -0.25) is 19.2 Å². The molecule has 0 saturated carbocycles. The highest BCUT2D eigenvalue weighted by Crippen LogP contribution is 2.20. The molecule has 0 aliphatic rings. The van der Waals surface area contributed by atoms with Crippen LogP contribution in [0.1, 0.15) is 246 Å². The highest BCUT2D eigenvalue weighted by molar-refractivity contribution is 5.73. The van der Waals surface area contributed by atoms with Crippen molar-refractivity contribution >= 4 is 23.3 Å². The SMILES string of the molecule is CCCCCCCCC(CCCCCCCC)OC(=O)CCCCCCCN(CCCCCCCC(=O)OCC(CC)CCCCCCC)CCCNc1c(NC)c(=O)c1=O. The zero-order valence-electron chi connectivity index (χ0n) is 40.6. The van der Waals surface area contributed by atoms with Gasteiger partial charge in [-0.05, 0) is 89.8 Å². The fourth-order valence-electron chi connectivity index (χ4n) is 8.46. The highest BCUT2D eigenvalue weighted by Gasteiger charge is 2.19. The van der Waals surface area contributed by atoms with E-state index in [1.165, 1.54) is 96.3 Å². The monoisotopic (exact) mass is 860 g/mol. The second-order valence-electron chi connectivity index (χ2n) is 18.2. The molecule has 0 aromatic heterocycles. The Morgan fingerprint density at radius 1 is 0.508 bits per heavy atom. The van der Waals surface area contributed by atoms with E-state index >= 15 is 0 Å². The summed E-state index contributed by atoms with van der Waals surface area (Å²) in [5.74, 6) is 0.446. The van der Waals surface area contributed by atoms with Gasteiger partial charge in [-0.15, -0.1) is 0 Å². The Morgan fingerprint density at radius 2 is 0.934 bits per heavy atom. The van der Waals surface area contributed by atoms with Crippen LogP contribution in [0, 0.1) is 5.92 Å². The summed E-state index contributed by atoms with van der Waals surface area (Å²) >= 11 is 0. The number of nitrogens with one attached hydrogen (secondary N) is 2. The molecule has 0 aliphatic carbocycles. The van der Waals surface area contributed by atoms with Gasteiger partial charge in [0.25, 0.3) is 10.9 Å². The Balaban J connectivity index is 2.40. The second kappa shape index (κ2) is 40.4. The third kappa shape index (κ3) is 30.3. The minimum absolute atomic E-state index is 0.00355. The van der Waals surface area contributed by atoms with Crippen LogP contribution in [-0.2, 0) is 19.1 Å². The zero-order valence-corrected chi connectivity index (χ0v) is 40.6. The van der Waals surface area contributed by atoms with Gasteiger partial charge < -0.3 is 25.0 Å². The quantitative estimate of drug-likeness (QED) is 0.0376. The van der Waals surface area contributed by atoms with Crippen LogP contribution >= 0.6 is 0 Å². The summed E-state index contributed by atoms with van der Waals surface area (Å²) in [6, 6.07) is 0. The zero-order chi connectivity index (χ0) is 44.6. The molecule has 9 nitrogen and oxygen atoms in total. The number of ether oxygens (including phenoxy) is 2. The third-order valence-corrected chi connectivity index (χ3v) is 12.7. The summed E-state index contributed by atoms with van der Waals surface area (Å²) in [7, 11) is 1.67. The smallest absolute Gasteiger partial charge is 0.306 e. The summed E-state index contributed by atoms with van der Waals surface area (Å²) in [6.07, 6.45) is 38.6. The fourth-order valence-corrected chi connectivity index (χ4v) is 8.46. The molecule has 0 fully saturated rings. The van der Waals surface area contributed by atoms with Crippen LogP contribution < -0.4 is 21.5 Å². The first kappa shape index (κ1) is 56.6. The van der Waals surface area contributed by atoms with Crippen molar-refractivity contribution in [2.45, 2.75) is 252 Å². The van der Waals surface area contributed by atoms with Crippen LogP contribution in [0.15, 0.2) is 9.59 Å². The van der Waals surface area contributed by atoms with Gasteiger partial charge >= 0.3 is 11.9 Å². The van der Waals surface area contributed by atoms with Crippen LogP contribution in [0.5, 0.6) is 0 Å². The standard InChI is InChI=1S/C52H97N3O6/c1-6-10-13-16-21-28-36-46(37-29-22-17-14-11-7-2)61-48(57)39-31-24-19-26-33-42-55(43-34-40-54-50-49(53-5)51(58)52(50)59)41-32-25-18-23-30-38-47(56)60-44-45(9-4)35-27-20-15-12-8-3/h45-46,53-54H,6-44H2,1-5H3. The number of nitrogens with zero attached hydrogens (tertiary/aromatic N) is 1. The number of unbranched alkanes of at least 4 members (excludes halogenated alkanes) is 22. The van der Waals surface area contributed by atoms with Gasteiger partial charge in [0.15, 0.2) is 0 Å². The fraction of sp³-hybridized carbons (Fsp3) is 0.885. The Morgan fingerprint density at radius 3 is 1.44 bits per heavy atom. The molecule has 1 atom stereocenters. The molecule has 1 aromatic rings. The Bertz CT molecular complexity index is 1230. The van der Waals surface area contributed by atoms with Gasteiger partial charge in [0.1, 0.15) is 17.5 Å². The first-order valence-electron chi connectivity index (χ1n) is 26.1. The van der Waals surface area contributed by atoms with Crippen molar-refractivity contribution in [2.75, 3.05) is 50.5 Å². The number of esters is 2. The maximum atomic E-state index is 12.9. The van der Waals surface area contributed by atoms with Crippen molar-refractivity contribution in [2.24, 2.45) is 5.92 Å². The minimum atomic E-state index is -0.440. The highest BCUT2D eigenvalue weighted by atomic mass is 16.5. The topological polar surface area (TPSA) is 114 Å². The summed E-state index contributed by atoms with van der Waals surface area (Å²) in [5.41, 5.74) is -0.0591. The van der Waals surface area contributed by atoms with Gasteiger partial charge in [0.2, 0.25) is 0 Å². The molecule has 1 aromatic carbocycles. The van der Waals surface area contributed by atoms with Crippen LogP contribution in [0.2, 0.25) is 0 Å². The van der Waals surface area contributed by atoms with E-state index in [0.29, 0.717) is 43.3 Å². The predicted octanol–water partition coefficient (Wildman–Crippen LogP) is 13.5. The lowest BCUT2D eigenvalue weighted by Crippen LogP contribution is -2.37. The van der Waals surface area contributed by atoms with Crippen molar-refractivity contribution in [3.8, 4) is 0 Å². The maximum absolute atomic E-state index is 12.9. The molecule has 0 heterocycles. The number of carbonyl (C=O) groups excluding carboxylic acids is 2. The Kier molecular flexibility index (Phi) is 37.4. The summed E-state index contributed by atoms with van der Waals surface area (Å²) < 4.78 is 11.7. The number of hydrogen-bond acceptors (Lipinski definition) is 9. The summed E-state index contributed by atoms with van der Waals surface area (Å²) in [5, 5.41) is 6.02. The molecule has 0 saturated heterocycles. The predicted molar refractivity (Wildman–Crippen MR) is 260 cm³/mol. The van der Waals surface area contributed by atoms with E-state index < -0.39 is 10.9 Å². The number of carbonyl (C=O) groups is 2. The second-order valence-corrected chi connectivity index (χ2v) is 18.2. The molecule has 0 aliphatic heterocycles. The maximum Gasteiger partial charge on any atom is 0.306 e. The normalized spacial score (nSPS) is 12.1. The summed E-state index contributed by atoms with van der Waals surface area (Å²) in [6.45, 7) is 13.2. The van der Waals surface area contributed by atoms with E-state index in [1.54, 1.807) is 7.05 Å². The average Bonchev–Trinajstić information content (AvgIpc) is 3.26. The van der Waals surface area contributed by atoms with Crippen LogP contribution in [0.4, 0.5) is 11.4 Å². The molecule has 61 heavy (non-hydrogen) atoms. The van der Waals surface area contributed by atoms with E-state index in [4.69, 9.17) is 9.47 Å². The molecule has 9 heteroatoms. The molecule has 0 spiro atoms. The number of rotatable bonds is 46. The van der Waals surface area contributed by atoms with Crippen LogP contribution in [-0.4, -0.2) is 62.8 Å². The lowest BCUT2D eigenvalue weighted by Gasteiger charge is -2.23. The van der Waals surface area contributed by atoms with Gasteiger partial charge in [-0.25, -0.2) is 0 Å². The van der Waals surface area contributed by atoms with E-state index in [2.05, 4.69) is 43.2 Å². The van der Waals surface area contributed by atoms with Crippen molar-refractivity contribution in [1.29, 1.82) is 0 Å². The minimum Gasteiger partial charge on any atom is -0.465 e. The largest absolute Gasteiger partial charge is 0.465 e. The van der Waals surface area contributed by atoms with E-state index in [9.17, 15) is 19.2 Å². The molecule has 356 valence electrons. The summed E-state index contributed by atoms with van der Waals surface area (Å²) in [4.78, 5) is 51.6. The van der Waals surface area contributed by atoms with E-state index in [1.807, 2.05) is 0 Å². The first-order chi connectivity index (χ1) is 29.8. The first-order valence-corrected chi connectivity index (χ1v) is 26.1. The Labute approximate surface area is 375 Å². The van der Waals surface area contributed by atoms with E-state index in [0.717, 1.165) is 129 Å². The van der Waals surface area contributed by atoms with Crippen molar-refractivity contribution in [3.05, 3.63) is 20.4 Å². The molecule has 0 amide bonds. The number of hydrogen-bond donors (Lipinski definition) is 2. The van der Waals surface area contributed by atoms with Gasteiger partial charge in [-0.2, -0.15) is 0 Å². The lowest BCUT2D eigenvalue weighted by molar-refractivity contribution is -0.150. The van der Waals surface area contributed by atoms with Gasteiger partial charge in [0, 0.05) is 26.4 Å². The van der Waals surface area contributed by atoms with Gasteiger partial charge in [-0.1, -0.05) is 169 Å². The molecule has 2 N–H and O–H groups in total. The molecular formula is C52H97N3O6. The molecule has 1 unspecified atom stereocenters. The molecule has 0 bridgehead atoms. The van der Waals surface area contributed by atoms with Crippen LogP contribution in [0.3, 0.4) is 0 Å². The molecule has 0 radical (unpaired) electrons. The molecule has 1 rings (SSSR count). The lowest BCUT2D eigenvalue weighted by atomic mass is 9.99. The molecular weight excluding hydrogens is 763 g/mol. The average molecular weight is 860 g/mol. The van der Waals surface area contributed by atoms with Crippen molar-refractivity contribution in [3.63, 3.8) is 0 Å². The van der Waals surface area contributed by atoms with Crippen LogP contribution in [0.25, 0.3) is 0 Å². The Hall–Kier alpha value is -2.42. The van der Waals surface area contributed by atoms with E-state index in [-0.39, 0.29) is 18.0 Å².